The van der Waals surface area contributed by atoms with Gasteiger partial charge in [0.2, 0.25) is 5.91 Å². The van der Waals surface area contributed by atoms with Gasteiger partial charge in [-0.1, -0.05) is 24.9 Å². The van der Waals surface area contributed by atoms with Crippen LogP contribution in [0, 0.1) is 0 Å². The Morgan fingerprint density at radius 2 is 2.22 bits per heavy atom. The number of aryl methyl sites for hydroxylation is 1. The van der Waals surface area contributed by atoms with Crippen molar-refractivity contribution in [2.45, 2.75) is 25.8 Å². The third kappa shape index (κ3) is 2.82. The Balaban J connectivity index is 2.10. The number of carbonyl (C=O) groups excluding carboxylic acids is 2. The van der Waals surface area contributed by atoms with E-state index in [9.17, 15) is 9.59 Å². The van der Waals surface area contributed by atoms with Crippen LogP contribution >= 0.6 is 11.6 Å². The minimum Gasteiger partial charge on any atom is -0.322 e. The van der Waals surface area contributed by atoms with Crippen LogP contribution in [-0.2, 0) is 11.8 Å². The molecule has 0 spiro atoms. The topological polar surface area (TPSA) is 67.2 Å². The fourth-order valence-corrected chi connectivity index (χ4v) is 2.93. The van der Waals surface area contributed by atoms with Crippen molar-refractivity contribution in [2.75, 3.05) is 10.2 Å². The van der Waals surface area contributed by atoms with Crippen LogP contribution < -0.4 is 10.2 Å². The molecule has 2 aromatic rings. The van der Waals surface area contributed by atoms with Gasteiger partial charge >= 0.3 is 0 Å². The lowest BCUT2D eigenvalue weighted by Gasteiger charge is -2.36. The highest BCUT2D eigenvalue weighted by Gasteiger charge is 2.37. The minimum absolute atomic E-state index is 0.182. The first-order valence-corrected chi connectivity index (χ1v) is 7.81. The molecule has 2 amide bonds. The minimum atomic E-state index is -0.557. The van der Waals surface area contributed by atoms with Crippen LogP contribution in [0.5, 0.6) is 0 Å². The van der Waals surface area contributed by atoms with E-state index in [0.717, 1.165) is 6.42 Å². The lowest BCUT2D eigenvalue weighted by molar-refractivity contribution is -0.117. The second-order valence-corrected chi connectivity index (χ2v) is 5.97. The number of carbonyl (C=O) groups is 2. The summed E-state index contributed by atoms with van der Waals surface area (Å²) < 4.78 is 1.56. The molecule has 1 aliphatic rings. The number of anilines is 2. The standard InChI is InChI=1S/C16H17ClN4O2/c1-3-4-13-15(22)19-12-6-5-11(17)7-14(12)21(13)16(23)10-8-18-20(2)9-10/h5-9,13H,3-4H2,1-2H3,(H,19,22). The molecule has 3 rings (SSSR count). The molecule has 1 atom stereocenters. The van der Waals surface area contributed by atoms with Crippen LogP contribution in [0.25, 0.3) is 0 Å². The first kappa shape index (κ1) is 15.6. The number of amides is 2. The van der Waals surface area contributed by atoms with Crippen molar-refractivity contribution in [3.05, 3.63) is 41.2 Å². The zero-order chi connectivity index (χ0) is 16.6. The van der Waals surface area contributed by atoms with Crippen molar-refractivity contribution in [1.82, 2.24) is 9.78 Å². The van der Waals surface area contributed by atoms with Crippen LogP contribution in [0.15, 0.2) is 30.6 Å². The van der Waals surface area contributed by atoms with E-state index in [1.165, 1.54) is 11.1 Å². The number of rotatable bonds is 3. The van der Waals surface area contributed by atoms with Gasteiger partial charge in [0.1, 0.15) is 6.04 Å². The predicted octanol–water partition coefficient (Wildman–Crippen LogP) is 2.84. The molecule has 0 radical (unpaired) electrons. The van der Waals surface area contributed by atoms with Gasteiger partial charge in [-0.25, -0.2) is 0 Å². The number of fused-ring (bicyclic) bond motifs is 1. The lowest BCUT2D eigenvalue weighted by Crippen LogP contribution is -2.51. The van der Waals surface area contributed by atoms with Gasteiger partial charge in [0, 0.05) is 18.3 Å². The van der Waals surface area contributed by atoms with Gasteiger partial charge in [0.05, 0.1) is 23.1 Å². The largest absolute Gasteiger partial charge is 0.322 e. The monoisotopic (exact) mass is 332 g/mol. The van der Waals surface area contributed by atoms with E-state index < -0.39 is 6.04 Å². The highest BCUT2D eigenvalue weighted by Crippen LogP contribution is 2.36. The molecule has 0 fully saturated rings. The Kier molecular flexibility index (Phi) is 4.09. The summed E-state index contributed by atoms with van der Waals surface area (Å²) in [5.41, 5.74) is 1.64. The van der Waals surface area contributed by atoms with Crippen LogP contribution in [-0.4, -0.2) is 27.6 Å². The predicted molar refractivity (Wildman–Crippen MR) is 88.8 cm³/mol. The van der Waals surface area contributed by atoms with Crippen LogP contribution in [0.1, 0.15) is 30.1 Å². The Morgan fingerprint density at radius 1 is 1.43 bits per heavy atom. The highest BCUT2D eigenvalue weighted by atomic mass is 35.5. The van der Waals surface area contributed by atoms with E-state index in [-0.39, 0.29) is 11.8 Å². The first-order chi connectivity index (χ1) is 11.0. The van der Waals surface area contributed by atoms with Crippen LogP contribution in [0.2, 0.25) is 5.02 Å². The maximum Gasteiger partial charge on any atom is 0.262 e. The molecule has 1 aromatic carbocycles. The molecule has 1 aliphatic heterocycles. The summed E-state index contributed by atoms with van der Waals surface area (Å²) in [4.78, 5) is 26.9. The van der Waals surface area contributed by atoms with E-state index in [2.05, 4.69) is 10.4 Å². The number of hydrogen-bond acceptors (Lipinski definition) is 3. The molecule has 0 bridgehead atoms. The van der Waals surface area contributed by atoms with Crippen molar-refractivity contribution >= 4 is 34.8 Å². The number of nitrogens with one attached hydrogen (secondary N) is 1. The second-order valence-electron chi connectivity index (χ2n) is 5.53. The average Bonchev–Trinajstić information content (AvgIpc) is 2.95. The van der Waals surface area contributed by atoms with Crippen molar-refractivity contribution in [3.63, 3.8) is 0 Å². The van der Waals surface area contributed by atoms with E-state index in [1.54, 1.807) is 36.1 Å². The summed E-state index contributed by atoms with van der Waals surface area (Å²) in [6, 6.07) is 4.54. The molecule has 1 aromatic heterocycles. The lowest BCUT2D eigenvalue weighted by atomic mass is 10.0. The number of aromatic nitrogens is 2. The number of nitrogens with zero attached hydrogens (tertiary/aromatic N) is 3. The van der Waals surface area contributed by atoms with Gasteiger partial charge in [0.25, 0.3) is 5.91 Å². The van der Waals surface area contributed by atoms with Crippen molar-refractivity contribution in [2.24, 2.45) is 7.05 Å². The molecule has 0 aliphatic carbocycles. The van der Waals surface area contributed by atoms with Crippen LogP contribution in [0.3, 0.4) is 0 Å². The Bertz CT molecular complexity index is 771. The van der Waals surface area contributed by atoms with E-state index in [4.69, 9.17) is 11.6 Å². The van der Waals surface area contributed by atoms with Gasteiger partial charge in [-0.05, 0) is 24.6 Å². The van der Waals surface area contributed by atoms with Crippen molar-refractivity contribution in [3.8, 4) is 0 Å². The van der Waals surface area contributed by atoms with Gasteiger partial charge in [-0.15, -0.1) is 0 Å². The van der Waals surface area contributed by atoms with Gasteiger partial charge < -0.3 is 5.32 Å². The highest BCUT2D eigenvalue weighted by molar-refractivity contribution is 6.31. The number of benzene rings is 1. The van der Waals surface area contributed by atoms with E-state index in [0.29, 0.717) is 28.4 Å². The van der Waals surface area contributed by atoms with Crippen molar-refractivity contribution < 1.29 is 9.59 Å². The summed E-state index contributed by atoms with van der Waals surface area (Å²) in [5, 5.41) is 7.40. The van der Waals surface area contributed by atoms with E-state index >= 15 is 0 Å². The second kappa shape index (κ2) is 6.04. The average molecular weight is 333 g/mol. The normalized spacial score (nSPS) is 16.9. The smallest absolute Gasteiger partial charge is 0.262 e. The summed E-state index contributed by atoms with van der Waals surface area (Å²) in [6.07, 6.45) is 4.50. The molecule has 120 valence electrons. The molecule has 1 N–H and O–H groups in total. The summed E-state index contributed by atoms with van der Waals surface area (Å²) >= 11 is 6.09. The first-order valence-electron chi connectivity index (χ1n) is 7.44. The van der Waals surface area contributed by atoms with E-state index in [1.807, 2.05) is 6.92 Å². The summed E-state index contributed by atoms with van der Waals surface area (Å²) in [7, 11) is 1.74. The molecular weight excluding hydrogens is 316 g/mol. The molecule has 1 unspecified atom stereocenters. The number of halogens is 1. The Hall–Kier alpha value is -2.34. The van der Waals surface area contributed by atoms with Gasteiger partial charge in [0.15, 0.2) is 0 Å². The molecule has 23 heavy (non-hydrogen) atoms. The molecular formula is C16H17ClN4O2. The Labute approximate surface area is 139 Å². The van der Waals surface area contributed by atoms with Gasteiger partial charge in [-0.3, -0.25) is 19.2 Å². The third-order valence-corrected chi connectivity index (χ3v) is 4.06. The maximum atomic E-state index is 13.0. The fraction of sp³-hybridized carbons (Fsp3) is 0.312. The summed E-state index contributed by atoms with van der Waals surface area (Å²) in [6.45, 7) is 1.98. The van der Waals surface area contributed by atoms with Gasteiger partial charge in [-0.2, -0.15) is 5.10 Å². The number of hydrogen-bond donors (Lipinski definition) is 1. The third-order valence-electron chi connectivity index (χ3n) is 3.82. The SMILES string of the molecule is CCCC1C(=O)Nc2ccc(Cl)cc2N1C(=O)c1cnn(C)c1. The molecule has 6 nitrogen and oxygen atoms in total. The molecule has 0 saturated carbocycles. The quantitative estimate of drug-likeness (QED) is 0.939. The molecule has 0 saturated heterocycles. The maximum absolute atomic E-state index is 13.0. The Morgan fingerprint density at radius 3 is 2.87 bits per heavy atom. The summed E-state index contributed by atoms with van der Waals surface area (Å²) in [5.74, 6) is -0.436. The van der Waals surface area contributed by atoms with Crippen molar-refractivity contribution in [1.29, 1.82) is 0 Å². The molecule has 2 heterocycles. The fourth-order valence-electron chi connectivity index (χ4n) is 2.77. The molecule has 7 heteroatoms. The zero-order valence-electron chi connectivity index (χ0n) is 12.9. The van der Waals surface area contributed by atoms with Crippen LogP contribution in [0.4, 0.5) is 11.4 Å². The zero-order valence-corrected chi connectivity index (χ0v) is 13.7.